The fourth-order valence-electron chi connectivity index (χ4n) is 1.10. The third-order valence-electron chi connectivity index (χ3n) is 2.02. The minimum Gasteiger partial charge on any atom is -0.478 e. The number of hydrogen-bond donors (Lipinski definition) is 3. The van der Waals surface area contributed by atoms with E-state index in [0.29, 0.717) is 0 Å². The molecule has 8 heteroatoms. The van der Waals surface area contributed by atoms with E-state index >= 15 is 0 Å². The van der Waals surface area contributed by atoms with Gasteiger partial charge in [0.1, 0.15) is 0 Å². The lowest BCUT2D eigenvalue weighted by Gasteiger charge is -2.19. The molecule has 5 nitrogen and oxygen atoms in total. The molecule has 0 fully saturated rings. The SMILES string of the molecule is O=C(O)C(O)(C(=O)O)c1cc(Cl)c(Cl)c(Cl)c1. The Balaban J connectivity index is 3.51. The number of carbonyl (C=O) groups is 2. The average molecular weight is 299 g/mol. The Hall–Kier alpha value is -1.01. The first-order valence-electron chi connectivity index (χ1n) is 4.05. The number of hydrogen-bond acceptors (Lipinski definition) is 3. The quantitative estimate of drug-likeness (QED) is 0.586. The summed E-state index contributed by atoms with van der Waals surface area (Å²) in [7, 11) is 0. The number of carboxylic acids is 2. The van der Waals surface area contributed by atoms with Crippen molar-refractivity contribution in [1.82, 2.24) is 0 Å². The molecular weight excluding hydrogens is 294 g/mol. The molecule has 0 atom stereocenters. The fourth-order valence-corrected chi connectivity index (χ4v) is 1.70. The van der Waals surface area contributed by atoms with Gasteiger partial charge in [-0.1, -0.05) is 34.8 Å². The number of halogens is 3. The molecule has 0 aliphatic heterocycles. The van der Waals surface area contributed by atoms with Crippen LogP contribution >= 0.6 is 34.8 Å². The van der Waals surface area contributed by atoms with Gasteiger partial charge in [0.15, 0.2) is 0 Å². The van der Waals surface area contributed by atoms with Gasteiger partial charge in [0, 0.05) is 5.56 Å². The molecule has 17 heavy (non-hydrogen) atoms. The van der Waals surface area contributed by atoms with Crippen LogP contribution < -0.4 is 0 Å². The Bertz CT molecular complexity index is 462. The molecule has 3 N–H and O–H groups in total. The largest absolute Gasteiger partial charge is 0.478 e. The summed E-state index contributed by atoms with van der Waals surface area (Å²) in [5, 5.41) is 26.8. The van der Waals surface area contributed by atoms with Gasteiger partial charge in [0.2, 0.25) is 0 Å². The number of benzene rings is 1. The molecule has 0 aliphatic carbocycles. The lowest BCUT2D eigenvalue weighted by atomic mass is 9.94. The summed E-state index contributed by atoms with van der Waals surface area (Å²) in [6, 6.07) is 1.86. The van der Waals surface area contributed by atoms with Gasteiger partial charge in [-0.3, -0.25) is 0 Å². The molecule has 1 rings (SSSR count). The van der Waals surface area contributed by atoms with Crippen LogP contribution in [0.3, 0.4) is 0 Å². The zero-order chi connectivity index (χ0) is 13.4. The molecule has 0 saturated carbocycles. The van der Waals surface area contributed by atoms with E-state index in [9.17, 15) is 14.7 Å². The predicted molar refractivity (Wildman–Crippen MR) is 60.6 cm³/mol. The average Bonchev–Trinajstić information content (AvgIpc) is 2.23. The van der Waals surface area contributed by atoms with Crippen molar-refractivity contribution in [1.29, 1.82) is 0 Å². The van der Waals surface area contributed by atoms with Crippen molar-refractivity contribution >= 4 is 46.7 Å². The van der Waals surface area contributed by atoms with E-state index in [2.05, 4.69) is 0 Å². The Morgan fingerprint density at radius 3 is 1.65 bits per heavy atom. The van der Waals surface area contributed by atoms with E-state index < -0.39 is 23.1 Å². The van der Waals surface area contributed by atoms with Crippen molar-refractivity contribution in [2.24, 2.45) is 0 Å². The summed E-state index contributed by atoms with van der Waals surface area (Å²) in [5.74, 6) is -3.92. The van der Waals surface area contributed by atoms with E-state index in [1.165, 1.54) is 0 Å². The maximum atomic E-state index is 10.8. The number of aliphatic carboxylic acids is 2. The maximum Gasteiger partial charge on any atom is 0.352 e. The lowest BCUT2D eigenvalue weighted by Crippen LogP contribution is -2.43. The first-order chi connectivity index (χ1) is 7.71. The van der Waals surface area contributed by atoms with Gasteiger partial charge in [-0.25, -0.2) is 9.59 Å². The van der Waals surface area contributed by atoms with E-state index in [-0.39, 0.29) is 15.1 Å². The molecule has 0 aliphatic rings. The van der Waals surface area contributed by atoms with Crippen LogP contribution in [0.4, 0.5) is 0 Å². The van der Waals surface area contributed by atoms with Crippen LogP contribution in [0, 0.1) is 0 Å². The third-order valence-corrected chi connectivity index (χ3v) is 3.22. The second kappa shape index (κ2) is 4.70. The summed E-state index contributed by atoms with van der Waals surface area (Å²) >= 11 is 16.9. The van der Waals surface area contributed by atoms with Gasteiger partial charge in [0.25, 0.3) is 5.60 Å². The highest BCUT2D eigenvalue weighted by Gasteiger charge is 2.47. The van der Waals surface area contributed by atoms with Gasteiger partial charge in [-0.05, 0) is 12.1 Å². The second-order valence-corrected chi connectivity index (χ2v) is 4.27. The molecule has 0 bridgehead atoms. The molecule has 0 aromatic heterocycles. The normalized spacial score (nSPS) is 11.3. The Morgan fingerprint density at radius 2 is 1.35 bits per heavy atom. The van der Waals surface area contributed by atoms with Crippen LogP contribution in [0.1, 0.15) is 5.56 Å². The third kappa shape index (κ3) is 2.32. The number of rotatable bonds is 3. The van der Waals surface area contributed by atoms with Crippen molar-refractivity contribution in [3.8, 4) is 0 Å². The van der Waals surface area contributed by atoms with Gasteiger partial charge in [-0.2, -0.15) is 0 Å². The van der Waals surface area contributed by atoms with E-state index in [1.807, 2.05) is 0 Å². The van der Waals surface area contributed by atoms with Gasteiger partial charge in [0.05, 0.1) is 15.1 Å². The minimum atomic E-state index is -3.13. The van der Waals surface area contributed by atoms with Crippen molar-refractivity contribution in [2.75, 3.05) is 0 Å². The molecule has 0 unspecified atom stereocenters. The maximum absolute atomic E-state index is 10.8. The first kappa shape index (κ1) is 14.1. The molecule has 0 spiro atoms. The minimum absolute atomic E-state index is 0.0600. The van der Waals surface area contributed by atoms with Crippen molar-refractivity contribution in [3.05, 3.63) is 32.8 Å². The molecule has 0 heterocycles. The van der Waals surface area contributed by atoms with Crippen molar-refractivity contribution < 1.29 is 24.9 Å². The predicted octanol–water partition coefficient (Wildman–Crippen LogP) is 2.00. The highest BCUT2D eigenvalue weighted by molar-refractivity contribution is 6.48. The summed E-state index contributed by atoms with van der Waals surface area (Å²) in [6.07, 6.45) is 0. The topological polar surface area (TPSA) is 94.8 Å². The van der Waals surface area contributed by atoms with Crippen molar-refractivity contribution in [3.63, 3.8) is 0 Å². The second-order valence-electron chi connectivity index (χ2n) is 3.07. The number of aliphatic hydroxyl groups is 1. The standard InChI is InChI=1S/C9H5Cl3O5/c10-4-1-3(2-5(11)6(4)12)9(17,7(13)14)8(15)16/h1-2,17H,(H,13,14)(H,15,16). The molecule has 0 radical (unpaired) electrons. The molecule has 1 aromatic rings. The molecule has 0 amide bonds. The Labute approximate surface area is 110 Å². The highest BCUT2D eigenvalue weighted by atomic mass is 35.5. The lowest BCUT2D eigenvalue weighted by molar-refractivity contribution is -0.177. The molecule has 92 valence electrons. The van der Waals surface area contributed by atoms with Gasteiger partial charge >= 0.3 is 11.9 Å². The van der Waals surface area contributed by atoms with E-state index in [4.69, 9.17) is 45.0 Å². The zero-order valence-corrected chi connectivity index (χ0v) is 10.2. The smallest absolute Gasteiger partial charge is 0.352 e. The van der Waals surface area contributed by atoms with E-state index in [0.717, 1.165) is 12.1 Å². The zero-order valence-electron chi connectivity index (χ0n) is 7.95. The molecule has 0 saturated heterocycles. The summed E-state index contributed by atoms with van der Waals surface area (Å²) in [4.78, 5) is 21.6. The monoisotopic (exact) mass is 298 g/mol. The van der Waals surface area contributed by atoms with Crippen LogP contribution in [-0.4, -0.2) is 27.3 Å². The van der Waals surface area contributed by atoms with Crippen LogP contribution in [0.2, 0.25) is 15.1 Å². The van der Waals surface area contributed by atoms with E-state index in [1.54, 1.807) is 0 Å². The molecular formula is C9H5Cl3O5. The summed E-state index contributed by atoms with van der Waals surface area (Å²) in [6.45, 7) is 0. The van der Waals surface area contributed by atoms with Crippen molar-refractivity contribution in [2.45, 2.75) is 5.60 Å². The van der Waals surface area contributed by atoms with Crippen LogP contribution in [-0.2, 0) is 15.2 Å². The van der Waals surface area contributed by atoms with Gasteiger partial charge < -0.3 is 15.3 Å². The fraction of sp³-hybridized carbons (Fsp3) is 0.111. The Kier molecular flexibility index (Phi) is 3.88. The number of carboxylic acid groups (broad SMARTS) is 2. The van der Waals surface area contributed by atoms with Crippen LogP contribution in [0.5, 0.6) is 0 Å². The first-order valence-corrected chi connectivity index (χ1v) is 5.18. The van der Waals surface area contributed by atoms with Gasteiger partial charge in [-0.15, -0.1) is 0 Å². The summed E-state index contributed by atoms with van der Waals surface area (Å²) < 4.78 is 0. The summed E-state index contributed by atoms with van der Waals surface area (Å²) in [5.41, 5.74) is -3.62. The molecule has 1 aromatic carbocycles. The van der Waals surface area contributed by atoms with Crippen LogP contribution in [0.25, 0.3) is 0 Å². The highest BCUT2D eigenvalue weighted by Crippen LogP contribution is 2.35. The Morgan fingerprint density at radius 1 is 1.00 bits per heavy atom. The van der Waals surface area contributed by atoms with Crippen LogP contribution in [0.15, 0.2) is 12.1 Å².